The number of halogens is 5. The predicted octanol–water partition coefficient (Wildman–Crippen LogP) is 3.86. The number of nitrogens with zero attached hydrogens (tertiary/aromatic N) is 1. The van der Waals surface area contributed by atoms with Crippen molar-refractivity contribution in [2.75, 3.05) is 18.5 Å². The molecule has 1 aromatic carbocycles. The van der Waals surface area contributed by atoms with Crippen molar-refractivity contribution in [3.8, 4) is 5.75 Å². The molecule has 5 atom stereocenters. The van der Waals surface area contributed by atoms with Gasteiger partial charge in [0.15, 0.2) is 17.2 Å². The van der Waals surface area contributed by atoms with E-state index in [1.165, 1.54) is 26.0 Å². The number of carbonyl (C=O) groups is 1. The molecule has 12 heteroatoms. The van der Waals surface area contributed by atoms with Gasteiger partial charge in [0.2, 0.25) is 5.82 Å². The van der Waals surface area contributed by atoms with Gasteiger partial charge in [-0.25, -0.2) is 4.39 Å². The van der Waals surface area contributed by atoms with E-state index in [2.05, 4.69) is 10.3 Å². The van der Waals surface area contributed by atoms with Crippen LogP contribution in [0.15, 0.2) is 30.5 Å². The largest absolute Gasteiger partial charge is 0.490 e. The van der Waals surface area contributed by atoms with Gasteiger partial charge in [-0.3, -0.25) is 9.78 Å². The van der Waals surface area contributed by atoms with Crippen LogP contribution in [-0.2, 0) is 9.53 Å². The Labute approximate surface area is 197 Å². The first-order valence-corrected chi connectivity index (χ1v) is 10.8. The monoisotopic (exact) mass is 504 g/mol. The number of carbonyl (C=O) groups excluding carboxylic acids is 1. The van der Waals surface area contributed by atoms with E-state index in [4.69, 9.17) is 14.6 Å². The molecule has 1 amide bonds. The Morgan fingerprint density at radius 2 is 1.97 bits per heavy atom. The molecule has 0 aliphatic carbocycles. The molecule has 1 aromatic heterocycles. The molecule has 2 aromatic rings. The molecule has 1 aliphatic rings. The molecule has 0 unspecified atom stereocenters. The fourth-order valence-corrected chi connectivity index (χ4v) is 4.11. The Hall–Kier alpha value is -2.83. The van der Waals surface area contributed by atoms with Crippen LogP contribution >= 0.6 is 0 Å². The summed E-state index contributed by atoms with van der Waals surface area (Å²) in [5, 5.41) is 21.0. The van der Waals surface area contributed by atoms with Crippen LogP contribution in [0.1, 0.15) is 44.1 Å². The highest BCUT2D eigenvalue weighted by atomic mass is 19.4. The van der Waals surface area contributed by atoms with E-state index in [1.54, 1.807) is 0 Å². The first-order valence-electron chi connectivity index (χ1n) is 10.8. The second-order valence-corrected chi connectivity index (χ2v) is 8.33. The molecular weight excluding hydrogens is 479 g/mol. The summed E-state index contributed by atoms with van der Waals surface area (Å²) in [5.41, 5.74) is -2.72. The summed E-state index contributed by atoms with van der Waals surface area (Å²) in [6, 6.07) is 4.49. The lowest BCUT2D eigenvalue weighted by atomic mass is 9.77. The fourth-order valence-electron chi connectivity index (χ4n) is 4.11. The highest BCUT2D eigenvalue weighted by Crippen LogP contribution is 2.55. The Bertz CT molecular complexity index is 1070. The number of aromatic nitrogens is 1. The van der Waals surface area contributed by atoms with Crippen molar-refractivity contribution in [3.63, 3.8) is 0 Å². The summed E-state index contributed by atoms with van der Waals surface area (Å²) in [5.74, 6) is -6.91. The Morgan fingerprint density at radius 3 is 2.51 bits per heavy atom. The first-order chi connectivity index (χ1) is 16.4. The van der Waals surface area contributed by atoms with Gasteiger partial charge in [-0.1, -0.05) is 13.0 Å². The molecule has 7 nitrogen and oxygen atoms in total. The Balaban J connectivity index is 2.02. The number of aliphatic hydroxyl groups is 2. The maximum atomic E-state index is 14.6. The van der Waals surface area contributed by atoms with Crippen molar-refractivity contribution >= 4 is 11.6 Å². The van der Waals surface area contributed by atoms with Crippen molar-refractivity contribution in [1.29, 1.82) is 0 Å². The van der Waals surface area contributed by atoms with Gasteiger partial charge < -0.3 is 25.0 Å². The van der Waals surface area contributed by atoms with E-state index >= 15 is 0 Å². The molecular formula is C23H25F5N2O5. The predicted molar refractivity (Wildman–Crippen MR) is 114 cm³/mol. The molecule has 35 heavy (non-hydrogen) atoms. The Morgan fingerprint density at radius 1 is 1.29 bits per heavy atom. The highest BCUT2D eigenvalue weighted by molar-refractivity contribution is 5.95. The quantitative estimate of drug-likeness (QED) is 0.495. The summed E-state index contributed by atoms with van der Waals surface area (Å²) in [6.45, 7) is 2.83. The van der Waals surface area contributed by atoms with Crippen molar-refractivity contribution in [1.82, 2.24) is 4.98 Å². The molecule has 0 bridgehead atoms. The third kappa shape index (κ3) is 4.95. The number of alkyl halides is 3. The first kappa shape index (κ1) is 26.8. The average molecular weight is 504 g/mol. The van der Waals surface area contributed by atoms with E-state index < -0.39 is 65.7 Å². The number of aliphatic hydroxyl groups excluding tert-OH is 2. The number of amides is 1. The van der Waals surface area contributed by atoms with Crippen molar-refractivity contribution in [3.05, 3.63) is 53.4 Å². The molecule has 0 radical (unpaired) electrons. The minimum atomic E-state index is -4.88. The smallest absolute Gasteiger partial charge is 0.417 e. The van der Waals surface area contributed by atoms with Gasteiger partial charge in [-0.15, -0.1) is 0 Å². The summed E-state index contributed by atoms with van der Waals surface area (Å²) >= 11 is 0. The number of ether oxygens (including phenoxy) is 2. The molecule has 0 saturated carbocycles. The van der Waals surface area contributed by atoms with Gasteiger partial charge in [0.05, 0.1) is 30.8 Å². The maximum absolute atomic E-state index is 14.6. The lowest BCUT2D eigenvalue weighted by Crippen LogP contribution is -2.47. The third-order valence-electron chi connectivity index (χ3n) is 6.22. The molecule has 2 heterocycles. The minimum absolute atomic E-state index is 0.0785. The number of rotatable bonds is 7. The number of anilines is 1. The average Bonchev–Trinajstić information content (AvgIpc) is 3.09. The van der Waals surface area contributed by atoms with Crippen LogP contribution in [0.5, 0.6) is 5.75 Å². The summed E-state index contributed by atoms with van der Waals surface area (Å²) in [6.07, 6.45) is -6.73. The lowest BCUT2D eigenvalue weighted by molar-refractivity contribution is -0.272. The Kier molecular flexibility index (Phi) is 7.68. The van der Waals surface area contributed by atoms with Crippen LogP contribution in [0.3, 0.4) is 0 Å². The van der Waals surface area contributed by atoms with E-state index in [-0.39, 0.29) is 23.6 Å². The van der Waals surface area contributed by atoms with Gasteiger partial charge in [0.1, 0.15) is 12.2 Å². The van der Waals surface area contributed by atoms with Crippen LogP contribution in [0.25, 0.3) is 0 Å². The van der Waals surface area contributed by atoms with Crippen LogP contribution in [0.2, 0.25) is 0 Å². The second-order valence-electron chi connectivity index (χ2n) is 8.33. The zero-order valence-electron chi connectivity index (χ0n) is 19.1. The van der Waals surface area contributed by atoms with Crippen LogP contribution in [0.4, 0.5) is 27.6 Å². The summed E-state index contributed by atoms with van der Waals surface area (Å²) in [4.78, 5) is 17.0. The maximum Gasteiger partial charge on any atom is 0.417 e. The molecule has 3 N–H and O–H groups in total. The molecule has 1 fully saturated rings. The zero-order valence-corrected chi connectivity index (χ0v) is 19.1. The molecule has 192 valence electrons. The normalized spacial score (nSPS) is 25.4. The van der Waals surface area contributed by atoms with Gasteiger partial charge >= 0.3 is 6.18 Å². The van der Waals surface area contributed by atoms with E-state index in [0.717, 1.165) is 25.3 Å². The molecule has 1 aliphatic heterocycles. The fraction of sp³-hybridized carbons (Fsp3) is 0.478. The van der Waals surface area contributed by atoms with E-state index in [9.17, 15) is 31.9 Å². The van der Waals surface area contributed by atoms with E-state index in [0.29, 0.717) is 0 Å². The summed E-state index contributed by atoms with van der Waals surface area (Å²) in [7, 11) is 0. The van der Waals surface area contributed by atoms with Crippen LogP contribution in [-0.4, -0.2) is 52.2 Å². The standard InChI is InChI=1S/C23H25F5N2O5/c1-4-34-19-13(6-7-14(24)18(19)25)17-11(2)22(3,23(26,27)28)35-20(17)21(33)30-12-5-8-15(29-9-12)16(32)10-31/h5-9,11,16-17,20,31-32H,4,10H2,1-3H3,(H,30,33)/t11-,16-,17-,20+,22+/m0/s1. The SMILES string of the molecule is CCOc1c([C@H]2[C@H](C(=O)Nc3ccc([C@@H](O)CO)nc3)O[C@@](C)(C(F)(F)F)[C@H]2C)ccc(F)c1F. The van der Waals surface area contributed by atoms with Gasteiger partial charge in [0, 0.05) is 17.4 Å². The van der Waals surface area contributed by atoms with Gasteiger partial charge in [0.25, 0.3) is 5.91 Å². The van der Waals surface area contributed by atoms with Crippen molar-refractivity contribution < 1.29 is 46.4 Å². The van der Waals surface area contributed by atoms with Gasteiger partial charge in [-0.05, 0) is 32.0 Å². The minimum Gasteiger partial charge on any atom is -0.490 e. The van der Waals surface area contributed by atoms with Gasteiger partial charge in [-0.2, -0.15) is 17.6 Å². The van der Waals surface area contributed by atoms with E-state index in [1.807, 2.05) is 0 Å². The number of benzene rings is 1. The molecule has 3 rings (SSSR count). The number of pyridine rings is 1. The number of hydrogen-bond acceptors (Lipinski definition) is 6. The number of nitrogens with one attached hydrogen (secondary N) is 1. The highest BCUT2D eigenvalue weighted by Gasteiger charge is 2.65. The van der Waals surface area contributed by atoms with Crippen molar-refractivity contribution in [2.24, 2.45) is 5.92 Å². The third-order valence-corrected chi connectivity index (χ3v) is 6.22. The lowest BCUT2D eigenvalue weighted by Gasteiger charge is -2.32. The van der Waals surface area contributed by atoms with Crippen molar-refractivity contribution in [2.45, 2.75) is 50.7 Å². The number of hydrogen-bond donors (Lipinski definition) is 3. The molecule has 0 spiro atoms. The molecule has 1 saturated heterocycles. The van der Waals surface area contributed by atoms with Crippen LogP contribution < -0.4 is 10.1 Å². The van der Waals surface area contributed by atoms with Crippen LogP contribution in [0, 0.1) is 17.6 Å². The topological polar surface area (TPSA) is 101 Å². The zero-order chi connectivity index (χ0) is 26.1. The second kappa shape index (κ2) is 10.0. The summed E-state index contributed by atoms with van der Waals surface area (Å²) < 4.78 is 81.0.